The van der Waals surface area contributed by atoms with Crippen LogP contribution in [-0.4, -0.2) is 11.9 Å². The van der Waals surface area contributed by atoms with Gasteiger partial charge in [-0.1, -0.05) is 34.5 Å². The molecule has 3 rings (SSSR count). The summed E-state index contributed by atoms with van der Waals surface area (Å²) >= 11 is 3.41. The Bertz CT molecular complexity index is 484. The molecule has 1 N–H and O–H groups in total. The van der Waals surface area contributed by atoms with Gasteiger partial charge in [0.15, 0.2) is 0 Å². The van der Waals surface area contributed by atoms with Gasteiger partial charge in [0.2, 0.25) is 5.91 Å². The second-order valence-electron chi connectivity index (χ2n) is 6.50. The smallest absolute Gasteiger partial charge is 0.224 e. The fraction of sp³-hybridized carbons (Fsp3) is 0.588. The zero-order valence-electron chi connectivity index (χ0n) is 11.9. The lowest BCUT2D eigenvalue weighted by atomic mass is 9.84. The highest BCUT2D eigenvalue weighted by Crippen LogP contribution is 2.49. The number of carbonyl (C=O) groups excluding carboxylic acids is 1. The number of nitrogens with one attached hydrogen (secondary N) is 1. The van der Waals surface area contributed by atoms with E-state index in [1.165, 1.54) is 25.7 Å². The first-order valence-corrected chi connectivity index (χ1v) is 8.45. The Morgan fingerprint density at radius 3 is 2.65 bits per heavy atom. The van der Waals surface area contributed by atoms with E-state index in [1.807, 2.05) is 24.3 Å². The van der Waals surface area contributed by atoms with Gasteiger partial charge in [0.25, 0.3) is 0 Å². The van der Waals surface area contributed by atoms with Crippen molar-refractivity contribution in [2.75, 3.05) is 0 Å². The molecule has 4 atom stereocenters. The second kappa shape index (κ2) is 5.88. The highest BCUT2D eigenvalue weighted by molar-refractivity contribution is 9.10. The molecule has 1 aromatic carbocycles. The van der Waals surface area contributed by atoms with Gasteiger partial charge in [0.05, 0.1) is 6.42 Å². The van der Waals surface area contributed by atoms with Crippen molar-refractivity contribution in [1.82, 2.24) is 5.32 Å². The van der Waals surface area contributed by atoms with Crippen molar-refractivity contribution in [3.63, 3.8) is 0 Å². The second-order valence-corrected chi connectivity index (χ2v) is 7.41. The predicted octanol–water partition coefficient (Wildman–Crippen LogP) is 3.93. The maximum Gasteiger partial charge on any atom is 0.224 e. The zero-order chi connectivity index (χ0) is 14.1. The Morgan fingerprint density at radius 2 is 2.05 bits per heavy atom. The van der Waals surface area contributed by atoms with Crippen molar-refractivity contribution in [1.29, 1.82) is 0 Å². The van der Waals surface area contributed by atoms with Gasteiger partial charge in [-0.3, -0.25) is 4.79 Å². The van der Waals surface area contributed by atoms with E-state index in [0.717, 1.165) is 21.9 Å². The summed E-state index contributed by atoms with van der Waals surface area (Å²) in [5, 5.41) is 3.22. The molecule has 0 aliphatic heterocycles. The number of benzene rings is 1. The van der Waals surface area contributed by atoms with Crippen LogP contribution < -0.4 is 5.32 Å². The third-order valence-electron chi connectivity index (χ3n) is 5.10. The first kappa shape index (κ1) is 14.1. The van der Waals surface area contributed by atoms with Gasteiger partial charge in [-0.05, 0) is 61.6 Å². The fourth-order valence-electron chi connectivity index (χ4n) is 4.11. The molecule has 3 heteroatoms. The zero-order valence-corrected chi connectivity index (χ0v) is 13.5. The molecule has 1 amide bonds. The van der Waals surface area contributed by atoms with Gasteiger partial charge in [0, 0.05) is 10.5 Å². The summed E-state index contributed by atoms with van der Waals surface area (Å²) in [5.41, 5.74) is 1.07. The molecule has 2 aliphatic rings. The maximum atomic E-state index is 12.1. The Labute approximate surface area is 129 Å². The SMILES string of the molecule is C[C@H](NC(=O)Cc1ccc(Br)cc1)[C@H]1C[C@H]2CC[C@H]1C2. The van der Waals surface area contributed by atoms with Gasteiger partial charge in [-0.25, -0.2) is 0 Å². The average molecular weight is 336 g/mol. The van der Waals surface area contributed by atoms with E-state index in [9.17, 15) is 4.79 Å². The molecule has 2 bridgehead atoms. The van der Waals surface area contributed by atoms with Gasteiger partial charge < -0.3 is 5.32 Å². The average Bonchev–Trinajstić information content (AvgIpc) is 3.03. The van der Waals surface area contributed by atoms with E-state index in [-0.39, 0.29) is 5.91 Å². The van der Waals surface area contributed by atoms with E-state index in [2.05, 4.69) is 28.2 Å². The first-order valence-electron chi connectivity index (χ1n) is 7.65. The lowest BCUT2D eigenvalue weighted by Crippen LogP contribution is -2.40. The summed E-state index contributed by atoms with van der Waals surface area (Å²) in [5.74, 6) is 2.67. The van der Waals surface area contributed by atoms with Crippen LogP contribution in [0.15, 0.2) is 28.7 Å². The van der Waals surface area contributed by atoms with Crippen molar-refractivity contribution < 1.29 is 4.79 Å². The lowest BCUT2D eigenvalue weighted by Gasteiger charge is -2.28. The number of rotatable bonds is 4. The Morgan fingerprint density at radius 1 is 1.30 bits per heavy atom. The molecule has 0 saturated heterocycles. The Kier molecular flexibility index (Phi) is 4.16. The molecule has 0 radical (unpaired) electrons. The topological polar surface area (TPSA) is 29.1 Å². The van der Waals surface area contributed by atoms with Crippen LogP contribution in [0.5, 0.6) is 0 Å². The molecule has 0 unspecified atom stereocenters. The van der Waals surface area contributed by atoms with E-state index in [4.69, 9.17) is 0 Å². The molecule has 0 aromatic heterocycles. The van der Waals surface area contributed by atoms with E-state index in [0.29, 0.717) is 18.4 Å². The summed E-state index contributed by atoms with van der Waals surface area (Å²) in [7, 11) is 0. The third-order valence-corrected chi connectivity index (χ3v) is 5.63. The minimum absolute atomic E-state index is 0.155. The fourth-order valence-corrected chi connectivity index (χ4v) is 4.37. The number of hydrogen-bond acceptors (Lipinski definition) is 1. The molecule has 2 nitrogen and oxygen atoms in total. The van der Waals surface area contributed by atoms with Gasteiger partial charge in [0.1, 0.15) is 0 Å². The van der Waals surface area contributed by atoms with Gasteiger partial charge >= 0.3 is 0 Å². The number of carbonyl (C=O) groups is 1. The summed E-state index contributed by atoms with van der Waals surface area (Å²) in [4.78, 5) is 12.1. The van der Waals surface area contributed by atoms with Gasteiger partial charge in [-0.2, -0.15) is 0 Å². The minimum Gasteiger partial charge on any atom is -0.353 e. The third kappa shape index (κ3) is 3.08. The first-order chi connectivity index (χ1) is 9.61. The molecule has 1 aromatic rings. The van der Waals surface area contributed by atoms with Crippen molar-refractivity contribution >= 4 is 21.8 Å². The van der Waals surface area contributed by atoms with Crippen molar-refractivity contribution in [2.24, 2.45) is 17.8 Å². The van der Waals surface area contributed by atoms with Crippen molar-refractivity contribution in [3.8, 4) is 0 Å². The van der Waals surface area contributed by atoms with E-state index >= 15 is 0 Å². The van der Waals surface area contributed by atoms with Crippen LogP contribution in [0, 0.1) is 17.8 Å². The Hall–Kier alpha value is -0.830. The monoisotopic (exact) mass is 335 g/mol. The highest BCUT2D eigenvalue weighted by atomic mass is 79.9. The molecule has 108 valence electrons. The summed E-state index contributed by atoms with van der Waals surface area (Å²) < 4.78 is 1.05. The Balaban J connectivity index is 1.52. The molecule has 0 heterocycles. The van der Waals surface area contributed by atoms with Crippen LogP contribution in [-0.2, 0) is 11.2 Å². The molecular formula is C17H22BrNO. The minimum atomic E-state index is 0.155. The molecule has 2 fully saturated rings. The number of halogens is 1. The predicted molar refractivity (Wildman–Crippen MR) is 84.4 cm³/mol. The van der Waals surface area contributed by atoms with Crippen LogP contribution in [0.4, 0.5) is 0 Å². The van der Waals surface area contributed by atoms with E-state index < -0.39 is 0 Å². The number of fused-ring (bicyclic) bond motifs is 2. The summed E-state index contributed by atoms with van der Waals surface area (Å²) in [6, 6.07) is 8.31. The van der Waals surface area contributed by atoms with Crippen LogP contribution in [0.3, 0.4) is 0 Å². The maximum absolute atomic E-state index is 12.1. The van der Waals surface area contributed by atoms with Crippen LogP contribution in [0.2, 0.25) is 0 Å². The molecule has 2 saturated carbocycles. The molecule has 0 spiro atoms. The van der Waals surface area contributed by atoms with Crippen molar-refractivity contribution in [3.05, 3.63) is 34.3 Å². The lowest BCUT2D eigenvalue weighted by molar-refractivity contribution is -0.121. The largest absolute Gasteiger partial charge is 0.353 e. The van der Waals surface area contributed by atoms with Crippen LogP contribution in [0.1, 0.15) is 38.2 Å². The summed E-state index contributed by atoms with van der Waals surface area (Å²) in [6.07, 6.45) is 6.00. The van der Waals surface area contributed by atoms with Crippen molar-refractivity contribution in [2.45, 2.75) is 45.1 Å². The quantitative estimate of drug-likeness (QED) is 0.887. The standard InChI is InChI=1S/C17H22BrNO/c1-11(16-9-13-2-5-14(16)8-13)19-17(20)10-12-3-6-15(18)7-4-12/h3-4,6-7,11,13-14,16H,2,5,8-10H2,1H3,(H,19,20)/t11-,13-,14-,16+/m0/s1. The molecule has 2 aliphatic carbocycles. The van der Waals surface area contributed by atoms with E-state index in [1.54, 1.807) is 0 Å². The molecular weight excluding hydrogens is 314 g/mol. The number of hydrogen-bond donors (Lipinski definition) is 1. The van der Waals surface area contributed by atoms with Crippen LogP contribution >= 0.6 is 15.9 Å². The summed E-state index contributed by atoms with van der Waals surface area (Å²) in [6.45, 7) is 2.19. The normalized spacial score (nSPS) is 29.4. The van der Waals surface area contributed by atoms with Crippen LogP contribution in [0.25, 0.3) is 0 Å². The van der Waals surface area contributed by atoms with Gasteiger partial charge in [-0.15, -0.1) is 0 Å². The number of amides is 1. The molecule has 20 heavy (non-hydrogen) atoms. The highest BCUT2D eigenvalue weighted by Gasteiger charge is 2.42.